The van der Waals surface area contributed by atoms with E-state index in [1.165, 1.54) is 51.4 Å². The third kappa shape index (κ3) is 12.4. The maximum atomic E-state index is 6.70. The third-order valence-corrected chi connectivity index (χ3v) is 21.4. The van der Waals surface area contributed by atoms with Crippen LogP contribution < -0.4 is 19.4 Å². The Labute approximate surface area is 442 Å². The Kier molecular flexibility index (Phi) is 20.2. The van der Waals surface area contributed by atoms with Crippen molar-refractivity contribution < 1.29 is 29.0 Å². The summed E-state index contributed by atoms with van der Waals surface area (Å²) in [5.41, 5.74) is 18.7. The van der Waals surface area contributed by atoms with Gasteiger partial charge in [0.1, 0.15) is 19.6 Å². The van der Waals surface area contributed by atoms with E-state index in [-0.39, 0.29) is 19.5 Å². The van der Waals surface area contributed by atoms with Crippen LogP contribution in [-0.2, 0) is 19.5 Å². The zero-order chi connectivity index (χ0) is 49.1. The number of rotatable bonds is 21. The van der Waals surface area contributed by atoms with Crippen molar-refractivity contribution in [2.75, 3.05) is 13.2 Å². The van der Waals surface area contributed by atoms with Gasteiger partial charge in [0.05, 0.1) is 36.0 Å². The first-order valence-corrected chi connectivity index (χ1v) is 29.1. The summed E-state index contributed by atoms with van der Waals surface area (Å²) in [5, 5.41) is 0. The second-order valence-corrected chi connectivity index (χ2v) is 26.5. The van der Waals surface area contributed by atoms with E-state index in [9.17, 15) is 0 Å². The number of unbranched alkanes of at least 4 members (excludes halogenated alkanes) is 10. The van der Waals surface area contributed by atoms with E-state index in [0.29, 0.717) is 29.8 Å². The largest absolute Gasteiger partial charge is 2.00 e. The van der Waals surface area contributed by atoms with Gasteiger partial charge in [-0.05, 0) is 118 Å². The van der Waals surface area contributed by atoms with Crippen molar-refractivity contribution >= 4 is 70.4 Å². The van der Waals surface area contributed by atoms with Crippen molar-refractivity contribution in [2.45, 2.75) is 163 Å². The summed E-state index contributed by atoms with van der Waals surface area (Å²) in [6.45, 7) is 24.3. The fourth-order valence-electron chi connectivity index (χ4n) is 10.6. The van der Waals surface area contributed by atoms with E-state index in [1.807, 2.05) is 0 Å². The van der Waals surface area contributed by atoms with Gasteiger partial charge in [0.15, 0.2) is 0 Å². The minimum Gasteiger partial charge on any atom is -0.656 e. The number of aromatic nitrogens is 4. The molecule has 6 nitrogen and oxygen atoms in total. The molecule has 8 bridgehead atoms. The van der Waals surface area contributed by atoms with Crippen LogP contribution >= 0.6 is 15.9 Å². The average molecular weight is 1070 g/mol. The smallest absolute Gasteiger partial charge is 0.656 e. The molecule has 70 heavy (non-hydrogen) atoms. The SMILES string of the molecule is CCCCCCCCOc1cccc(C)c1-c1c2nc(c(C#C[Si](C(C)C)(C(C)C)C(C)C)c3ccc([n-]3)c(-c3c(C)cccc3OCCCCCCCC)c3nc(c(Br)c4ccc1[n-]4)C=C3)C=C2.[Zn+2]. The van der Waals surface area contributed by atoms with Crippen molar-refractivity contribution in [1.29, 1.82) is 0 Å². The molecular formula is C61H75BrN4O2SiZn. The van der Waals surface area contributed by atoms with Gasteiger partial charge in [0.25, 0.3) is 0 Å². The first-order valence-electron chi connectivity index (χ1n) is 26.1. The van der Waals surface area contributed by atoms with Crippen LogP contribution in [0.5, 0.6) is 11.5 Å². The number of benzene rings is 2. The number of hydrogen-bond donors (Lipinski definition) is 0. The molecule has 0 unspecified atom stereocenters. The molecular weight excluding hydrogens is 994 g/mol. The summed E-state index contributed by atoms with van der Waals surface area (Å²) in [4.78, 5) is 21.8. The third-order valence-electron chi connectivity index (χ3n) is 14.3. The maximum absolute atomic E-state index is 6.70. The van der Waals surface area contributed by atoms with Gasteiger partial charge in [-0.25, -0.2) is 9.97 Å². The Morgan fingerprint density at radius 3 is 1.43 bits per heavy atom. The number of hydrogen-bond acceptors (Lipinski definition) is 4. The van der Waals surface area contributed by atoms with E-state index < -0.39 is 8.07 Å². The predicted octanol–water partition coefficient (Wildman–Crippen LogP) is 17.7. The topological polar surface area (TPSA) is 72.4 Å². The minimum absolute atomic E-state index is 0. The molecule has 2 aliphatic rings. The van der Waals surface area contributed by atoms with Gasteiger partial charge in [0, 0.05) is 21.2 Å². The molecule has 7 rings (SSSR count). The number of ether oxygens (including phenoxy) is 2. The van der Waals surface area contributed by atoms with E-state index in [1.54, 1.807) is 0 Å². The zero-order valence-electron chi connectivity index (χ0n) is 43.9. The molecule has 2 aromatic carbocycles. The molecule has 5 aromatic rings. The van der Waals surface area contributed by atoms with E-state index in [0.717, 1.165) is 125 Å². The van der Waals surface area contributed by atoms with Crippen molar-refractivity contribution in [3.8, 4) is 45.2 Å². The Hall–Kier alpha value is -4.48. The number of nitrogens with zero attached hydrogens (tertiary/aromatic N) is 4. The van der Waals surface area contributed by atoms with Crippen molar-refractivity contribution in [3.63, 3.8) is 0 Å². The molecule has 0 spiro atoms. The standard InChI is InChI=1S/C61H75BrN4O2Si.Zn/c1-11-13-15-17-19-21-38-67-55-27-23-25-44(9)57(55)59-49-31-29-47(63-49)46(37-40-69(41(3)4,42(5)6)43(7)8)48-30-32-50(64-48)60(52-34-36-54(66-52)61(62)53-35-33-51(59)65-53)58-45(10)26-24-28-56(58)68-39-22-20-18-16-14-12-2;/h23-36,41-43H,11-22,38-39H2,1-10H3;/q-2;+2. The molecule has 0 saturated heterocycles. The summed E-state index contributed by atoms with van der Waals surface area (Å²) in [6.07, 6.45) is 22.8. The molecule has 2 aliphatic heterocycles. The Morgan fingerprint density at radius 2 is 0.929 bits per heavy atom. The maximum Gasteiger partial charge on any atom is 2.00 e. The average Bonchev–Trinajstić information content (AvgIpc) is 4.18. The first-order chi connectivity index (χ1) is 33.4. The van der Waals surface area contributed by atoms with Crippen LogP contribution in [0.1, 0.15) is 172 Å². The molecule has 9 heteroatoms. The Bertz CT molecular complexity index is 2790. The molecule has 0 fully saturated rings. The van der Waals surface area contributed by atoms with Crippen LogP contribution in [0.15, 0.2) is 65.1 Å². The molecule has 0 atom stereocenters. The summed E-state index contributed by atoms with van der Waals surface area (Å²) in [7, 11) is -2.17. The second kappa shape index (κ2) is 25.8. The van der Waals surface area contributed by atoms with E-state index in [2.05, 4.69) is 182 Å². The number of fused-ring (bicyclic) bond motifs is 8. The molecule has 0 N–H and O–H groups in total. The van der Waals surface area contributed by atoms with Gasteiger partial charge in [-0.2, -0.15) is 0 Å². The second-order valence-electron chi connectivity index (χ2n) is 20.1. The zero-order valence-corrected chi connectivity index (χ0v) is 49.5. The summed E-state index contributed by atoms with van der Waals surface area (Å²) in [5.74, 6) is 5.55. The molecule has 0 aliphatic carbocycles. The predicted molar refractivity (Wildman–Crippen MR) is 301 cm³/mol. The van der Waals surface area contributed by atoms with Crippen LogP contribution in [0.3, 0.4) is 0 Å². The molecule has 0 saturated carbocycles. The van der Waals surface area contributed by atoms with Crippen molar-refractivity contribution in [2.24, 2.45) is 0 Å². The van der Waals surface area contributed by atoms with Crippen LogP contribution in [0.2, 0.25) is 16.6 Å². The first kappa shape index (κ1) is 54.8. The van der Waals surface area contributed by atoms with Gasteiger partial charge in [0.2, 0.25) is 0 Å². The normalized spacial score (nSPS) is 12.2. The Balaban J connectivity index is 0.00000804. The summed E-state index contributed by atoms with van der Waals surface area (Å²) < 4.78 is 14.2. The molecule has 3 aromatic heterocycles. The fraction of sp³-hybridized carbons (Fsp3) is 0.443. The van der Waals surface area contributed by atoms with Crippen LogP contribution in [0.25, 0.3) is 68.6 Å². The molecule has 5 heterocycles. The van der Waals surface area contributed by atoms with Gasteiger partial charge < -0.3 is 19.4 Å². The van der Waals surface area contributed by atoms with Crippen molar-refractivity contribution in [1.82, 2.24) is 19.9 Å². The summed E-state index contributed by atoms with van der Waals surface area (Å²) in [6, 6.07) is 21.1. The van der Waals surface area contributed by atoms with E-state index >= 15 is 0 Å². The number of aryl methyl sites for hydroxylation is 2. The minimum atomic E-state index is -2.17. The van der Waals surface area contributed by atoms with E-state index in [4.69, 9.17) is 29.4 Å². The molecule has 0 radical (unpaired) electrons. The van der Waals surface area contributed by atoms with Gasteiger partial charge in [-0.3, -0.25) is 0 Å². The van der Waals surface area contributed by atoms with Gasteiger partial charge in [-0.15, -0.1) is 27.6 Å². The van der Waals surface area contributed by atoms with Crippen LogP contribution in [0.4, 0.5) is 0 Å². The van der Waals surface area contributed by atoms with Crippen LogP contribution in [-0.4, -0.2) is 31.3 Å². The number of halogens is 1. The summed E-state index contributed by atoms with van der Waals surface area (Å²) >= 11 is 3.99. The molecule has 364 valence electrons. The Morgan fingerprint density at radius 1 is 0.514 bits per heavy atom. The monoisotopic (exact) mass is 1070 g/mol. The molecule has 0 amide bonds. The van der Waals surface area contributed by atoms with Crippen molar-refractivity contribution in [3.05, 3.63) is 105 Å². The quantitative estimate of drug-likeness (QED) is 0.0406. The fourth-order valence-corrected chi connectivity index (χ4v) is 16.2. The van der Waals surface area contributed by atoms with Gasteiger partial charge in [-0.1, -0.05) is 174 Å². The van der Waals surface area contributed by atoms with Gasteiger partial charge >= 0.3 is 19.5 Å². The van der Waals surface area contributed by atoms with Crippen LogP contribution in [0, 0.1) is 25.3 Å².